The van der Waals surface area contributed by atoms with Gasteiger partial charge in [-0.25, -0.2) is 4.98 Å². The van der Waals surface area contributed by atoms with Gasteiger partial charge in [0.2, 0.25) is 0 Å². The van der Waals surface area contributed by atoms with Gasteiger partial charge in [0.1, 0.15) is 5.82 Å². The number of rotatable bonds is 4. The highest BCUT2D eigenvalue weighted by Crippen LogP contribution is 2.23. The molecule has 3 nitrogen and oxygen atoms in total. The Morgan fingerprint density at radius 2 is 2.25 bits per heavy atom. The van der Waals surface area contributed by atoms with Crippen molar-refractivity contribution < 1.29 is 4.74 Å². The van der Waals surface area contributed by atoms with Gasteiger partial charge in [0.15, 0.2) is 0 Å². The second-order valence-electron chi connectivity index (χ2n) is 5.22. The fourth-order valence-corrected chi connectivity index (χ4v) is 3.18. The average molecular weight is 313 g/mol. The number of fused-ring (bicyclic) bond motifs is 1. The largest absolute Gasteiger partial charge is 0.378 e. The summed E-state index contributed by atoms with van der Waals surface area (Å²) in [5.74, 6) is 1.32. The number of benzene rings is 1. The lowest BCUT2D eigenvalue weighted by atomic mass is 10.1. The molecule has 3 rings (SSSR count). The Bertz CT molecular complexity index is 591. The fourth-order valence-electron chi connectivity index (χ4n) is 2.81. The Labute approximate surface area is 128 Å². The van der Waals surface area contributed by atoms with Crippen molar-refractivity contribution in [3.8, 4) is 0 Å². The number of halogens is 2. The Morgan fingerprint density at radius 3 is 3.00 bits per heavy atom. The lowest BCUT2D eigenvalue weighted by Crippen LogP contribution is -2.21. The van der Waals surface area contributed by atoms with Crippen LogP contribution in [0.5, 0.6) is 0 Å². The molecule has 0 saturated carbocycles. The molecule has 20 heavy (non-hydrogen) atoms. The number of hydrogen-bond donors (Lipinski definition) is 0. The first kappa shape index (κ1) is 14.2. The van der Waals surface area contributed by atoms with E-state index < -0.39 is 0 Å². The minimum absolute atomic E-state index is 0.364. The molecule has 0 aliphatic carbocycles. The molecule has 1 aromatic carbocycles. The summed E-state index contributed by atoms with van der Waals surface area (Å²) in [7, 11) is 0. The second kappa shape index (κ2) is 6.33. The number of aromatic nitrogens is 2. The smallest absolute Gasteiger partial charge is 0.124 e. The lowest BCUT2D eigenvalue weighted by molar-refractivity contribution is 0.00889. The first-order valence-electron chi connectivity index (χ1n) is 7.10. The molecular weight excluding hydrogens is 295 g/mol. The Balaban J connectivity index is 1.83. The molecule has 1 fully saturated rings. The van der Waals surface area contributed by atoms with Crippen LogP contribution in [0.4, 0.5) is 0 Å². The molecule has 1 aliphatic rings. The summed E-state index contributed by atoms with van der Waals surface area (Å²) >= 11 is 12.1. The quantitative estimate of drug-likeness (QED) is 0.783. The van der Waals surface area contributed by atoms with E-state index in [-0.39, 0.29) is 0 Å². The highest BCUT2D eigenvalue weighted by Gasteiger charge is 2.16. The highest BCUT2D eigenvalue weighted by atomic mass is 35.5. The van der Waals surface area contributed by atoms with Crippen molar-refractivity contribution >= 4 is 34.2 Å². The number of aryl methyl sites for hydroxylation is 1. The maximum atomic E-state index is 6.09. The fraction of sp³-hybridized carbons (Fsp3) is 0.533. The van der Waals surface area contributed by atoms with Crippen molar-refractivity contribution in [2.24, 2.45) is 0 Å². The number of alkyl halides is 1. The summed E-state index contributed by atoms with van der Waals surface area (Å²) in [4.78, 5) is 4.57. The second-order valence-corrected chi connectivity index (χ2v) is 5.93. The monoisotopic (exact) mass is 312 g/mol. The van der Waals surface area contributed by atoms with Crippen LogP contribution in [0.15, 0.2) is 18.2 Å². The predicted molar refractivity (Wildman–Crippen MR) is 82.5 cm³/mol. The zero-order valence-electron chi connectivity index (χ0n) is 11.3. The van der Waals surface area contributed by atoms with Gasteiger partial charge in [0, 0.05) is 18.2 Å². The first-order valence-corrected chi connectivity index (χ1v) is 8.01. The van der Waals surface area contributed by atoms with Crippen LogP contribution in [0.2, 0.25) is 5.02 Å². The minimum Gasteiger partial charge on any atom is -0.378 e. The Kier molecular flexibility index (Phi) is 4.49. The van der Waals surface area contributed by atoms with Crippen molar-refractivity contribution in [3.05, 3.63) is 29.0 Å². The third-order valence-corrected chi connectivity index (χ3v) is 4.33. The zero-order valence-corrected chi connectivity index (χ0v) is 12.8. The summed E-state index contributed by atoms with van der Waals surface area (Å²) in [5.41, 5.74) is 2.01. The maximum Gasteiger partial charge on any atom is 0.124 e. The molecule has 108 valence electrons. The molecule has 0 radical (unpaired) electrons. The van der Waals surface area contributed by atoms with E-state index in [0.29, 0.717) is 12.0 Å². The highest BCUT2D eigenvalue weighted by molar-refractivity contribution is 6.31. The van der Waals surface area contributed by atoms with E-state index in [2.05, 4.69) is 9.55 Å². The third-order valence-electron chi connectivity index (χ3n) is 3.86. The molecule has 1 aliphatic heterocycles. The normalized spacial score (nSPS) is 19.6. The molecule has 0 amide bonds. The summed E-state index contributed by atoms with van der Waals surface area (Å²) in [5, 5.41) is 0.730. The number of imidazole rings is 1. The van der Waals surface area contributed by atoms with Crippen LogP contribution in [0.1, 0.15) is 31.5 Å². The van der Waals surface area contributed by atoms with Crippen LogP contribution in [-0.4, -0.2) is 22.3 Å². The average Bonchev–Trinajstić information content (AvgIpc) is 2.83. The molecule has 2 aromatic rings. The predicted octanol–water partition coefficient (Wildman–Crippen LogP) is 4.39. The van der Waals surface area contributed by atoms with Crippen LogP contribution in [0, 0.1) is 0 Å². The zero-order chi connectivity index (χ0) is 13.9. The summed E-state index contributed by atoms with van der Waals surface area (Å²) in [6, 6.07) is 5.77. The van der Waals surface area contributed by atoms with Gasteiger partial charge in [-0.2, -0.15) is 0 Å². The van der Waals surface area contributed by atoms with Crippen molar-refractivity contribution in [2.75, 3.05) is 6.61 Å². The van der Waals surface area contributed by atoms with E-state index >= 15 is 0 Å². The van der Waals surface area contributed by atoms with Crippen molar-refractivity contribution in [3.63, 3.8) is 0 Å². The topological polar surface area (TPSA) is 27.1 Å². The van der Waals surface area contributed by atoms with Crippen molar-refractivity contribution in [1.82, 2.24) is 9.55 Å². The van der Waals surface area contributed by atoms with E-state index in [1.165, 1.54) is 12.8 Å². The molecule has 1 aromatic heterocycles. The first-order chi connectivity index (χ1) is 9.78. The van der Waals surface area contributed by atoms with Gasteiger partial charge in [-0.3, -0.25) is 0 Å². The summed E-state index contributed by atoms with van der Waals surface area (Å²) in [6.45, 7) is 1.77. The van der Waals surface area contributed by atoms with Gasteiger partial charge in [-0.1, -0.05) is 11.6 Å². The molecule has 1 atom stereocenters. The van der Waals surface area contributed by atoms with Gasteiger partial charge < -0.3 is 9.30 Å². The molecule has 0 N–H and O–H groups in total. The van der Waals surface area contributed by atoms with Crippen LogP contribution in [0.3, 0.4) is 0 Å². The van der Waals surface area contributed by atoms with Crippen LogP contribution in [0.25, 0.3) is 11.0 Å². The molecule has 2 heterocycles. The SMILES string of the molecule is ClCc1nc2ccc(Cl)cc2n1CCC1CCCCO1. The van der Waals surface area contributed by atoms with Gasteiger partial charge in [0.05, 0.1) is 23.0 Å². The number of ether oxygens (including phenoxy) is 1. The standard InChI is InChI=1S/C15H18Cl2N2O/c16-10-15-18-13-5-4-11(17)9-14(13)19(15)7-6-12-3-1-2-8-20-12/h4-5,9,12H,1-3,6-8,10H2. The van der Waals surface area contributed by atoms with Gasteiger partial charge in [0.25, 0.3) is 0 Å². The minimum atomic E-state index is 0.364. The van der Waals surface area contributed by atoms with Crippen LogP contribution >= 0.6 is 23.2 Å². The lowest BCUT2D eigenvalue weighted by Gasteiger charge is -2.23. The van der Waals surface area contributed by atoms with Gasteiger partial charge >= 0.3 is 0 Å². The van der Waals surface area contributed by atoms with E-state index in [1.54, 1.807) is 0 Å². The Morgan fingerprint density at radius 1 is 1.35 bits per heavy atom. The Hall–Kier alpha value is -0.770. The summed E-state index contributed by atoms with van der Waals surface area (Å²) < 4.78 is 7.97. The van der Waals surface area contributed by atoms with Gasteiger partial charge in [-0.05, 0) is 43.9 Å². The summed E-state index contributed by atoms with van der Waals surface area (Å²) in [6.07, 6.45) is 4.98. The molecule has 5 heteroatoms. The van der Waals surface area contributed by atoms with E-state index in [9.17, 15) is 0 Å². The van der Waals surface area contributed by atoms with Crippen LogP contribution in [-0.2, 0) is 17.2 Å². The molecular formula is C15H18Cl2N2O. The molecule has 1 unspecified atom stereocenters. The van der Waals surface area contributed by atoms with Crippen molar-refractivity contribution in [1.29, 1.82) is 0 Å². The van der Waals surface area contributed by atoms with Crippen molar-refractivity contribution in [2.45, 2.75) is 44.2 Å². The third kappa shape index (κ3) is 2.95. The maximum absolute atomic E-state index is 6.09. The van der Waals surface area contributed by atoms with E-state index in [1.807, 2.05) is 18.2 Å². The molecule has 0 spiro atoms. The number of nitrogens with zero attached hydrogens (tertiary/aromatic N) is 2. The van der Waals surface area contributed by atoms with E-state index in [4.69, 9.17) is 27.9 Å². The van der Waals surface area contributed by atoms with Gasteiger partial charge in [-0.15, -0.1) is 11.6 Å². The van der Waals surface area contributed by atoms with Crippen LogP contribution < -0.4 is 0 Å². The molecule has 1 saturated heterocycles. The number of hydrogen-bond acceptors (Lipinski definition) is 2. The molecule has 0 bridgehead atoms. The van der Waals surface area contributed by atoms with E-state index in [0.717, 1.165) is 47.9 Å².